The number of aryl methyl sites for hydroxylation is 2. The van der Waals surface area contributed by atoms with Crippen LogP contribution in [-0.2, 0) is 17.6 Å². The minimum Gasteiger partial charge on any atom is -0.410 e. The molecule has 0 fully saturated rings. The van der Waals surface area contributed by atoms with Gasteiger partial charge in [-0.1, -0.05) is 23.8 Å². The topological polar surface area (TPSA) is 94.1 Å². The molecule has 0 saturated heterocycles. The first-order chi connectivity index (χ1) is 13.0. The molecule has 2 atom stereocenters. The van der Waals surface area contributed by atoms with Crippen molar-refractivity contribution in [3.8, 4) is 10.8 Å². The predicted octanol–water partition coefficient (Wildman–Crippen LogP) is 4.34. The zero-order chi connectivity index (χ0) is 19.0. The SMILES string of the molecule is Cc1cc(NC(=O)C(C)Sc2nnc(-c3cc4c(s3)CCC(C)C4)o2)no1. The van der Waals surface area contributed by atoms with Gasteiger partial charge in [0.05, 0.1) is 10.1 Å². The number of thiophene rings is 1. The van der Waals surface area contributed by atoms with E-state index >= 15 is 0 Å². The summed E-state index contributed by atoms with van der Waals surface area (Å²) in [7, 11) is 0. The molecule has 7 nitrogen and oxygen atoms in total. The average molecular weight is 405 g/mol. The first kappa shape index (κ1) is 18.2. The van der Waals surface area contributed by atoms with E-state index in [1.807, 2.05) is 0 Å². The van der Waals surface area contributed by atoms with E-state index in [-0.39, 0.29) is 5.91 Å². The van der Waals surface area contributed by atoms with Crippen LogP contribution in [-0.4, -0.2) is 26.5 Å². The highest BCUT2D eigenvalue weighted by Crippen LogP contribution is 2.37. The predicted molar refractivity (Wildman–Crippen MR) is 104 cm³/mol. The van der Waals surface area contributed by atoms with Gasteiger partial charge in [0.2, 0.25) is 5.91 Å². The highest BCUT2D eigenvalue weighted by atomic mass is 32.2. The summed E-state index contributed by atoms with van der Waals surface area (Å²) in [4.78, 5) is 14.7. The van der Waals surface area contributed by atoms with E-state index in [0.29, 0.717) is 22.7 Å². The van der Waals surface area contributed by atoms with Crippen molar-refractivity contribution in [2.75, 3.05) is 5.32 Å². The molecule has 0 radical (unpaired) electrons. The Labute approximate surface area is 164 Å². The average Bonchev–Trinajstić information content (AvgIpc) is 3.34. The second-order valence-electron chi connectivity index (χ2n) is 6.85. The highest BCUT2D eigenvalue weighted by Gasteiger charge is 2.23. The van der Waals surface area contributed by atoms with Crippen LogP contribution in [0.25, 0.3) is 10.8 Å². The van der Waals surface area contributed by atoms with Gasteiger partial charge >= 0.3 is 0 Å². The van der Waals surface area contributed by atoms with Gasteiger partial charge in [-0.3, -0.25) is 4.79 Å². The molecule has 27 heavy (non-hydrogen) atoms. The lowest BCUT2D eigenvalue weighted by Gasteiger charge is -2.16. The maximum atomic E-state index is 12.3. The van der Waals surface area contributed by atoms with Crippen molar-refractivity contribution in [3.05, 3.63) is 28.3 Å². The molecule has 0 bridgehead atoms. The van der Waals surface area contributed by atoms with Crippen LogP contribution in [0.4, 0.5) is 5.82 Å². The van der Waals surface area contributed by atoms with Crippen molar-refractivity contribution in [3.63, 3.8) is 0 Å². The summed E-state index contributed by atoms with van der Waals surface area (Å²) in [5, 5.41) is 14.7. The van der Waals surface area contributed by atoms with Crippen LogP contribution in [0.2, 0.25) is 0 Å². The van der Waals surface area contributed by atoms with Crippen LogP contribution in [0.3, 0.4) is 0 Å². The van der Waals surface area contributed by atoms with Gasteiger partial charge in [-0.2, -0.15) is 0 Å². The number of carbonyl (C=O) groups excluding carboxylic acids is 1. The van der Waals surface area contributed by atoms with Gasteiger partial charge in [-0.05, 0) is 50.7 Å². The lowest BCUT2D eigenvalue weighted by molar-refractivity contribution is -0.115. The third-order valence-electron chi connectivity index (χ3n) is 4.47. The van der Waals surface area contributed by atoms with E-state index in [2.05, 4.69) is 33.7 Å². The third-order valence-corrected chi connectivity index (χ3v) is 6.63. The fourth-order valence-electron chi connectivity index (χ4n) is 3.03. The van der Waals surface area contributed by atoms with Gasteiger partial charge in [0.25, 0.3) is 11.1 Å². The molecule has 4 rings (SSSR count). The van der Waals surface area contributed by atoms with Crippen LogP contribution in [0.5, 0.6) is 0 Å². The number of nitrogens with zero attached hydrogens (tertiary/aromatic N) is 3. The molecule has 0 aliphatic heterocycles. The van der Waals surface area contributed by atoms with Gasteiger partial charge in [-0.15, -0.1) is 21.5 Å². The van der Waals surface area contributed by atoms with E-state index in [9.17, 15) is 4.79 Å². The van der Waals surface area contributed by atoms with E-state index < -0.39 is 5.25 Å². The molecule has 0 saturated carbocycles. The highest BCUT2D eigenvalue weighted by molar-refractivity contribution is 8.00. The summed E-state index contributed by atoms with van der Waals surface area (Å²) in [6.07, 6.45) is 3.46. The lowest BCUT2D eigenvalue weighted by Crippen LogP contribution is -2.22. The van der Waals surface area contributed by atoms with Gasteiger partial charge in [0.1, 0.15) is 5.76 Å². The quantitative estimate of drug-likeness (QED) is 0.632. The number of aromatic nitrogens is 3. The Morgan fingerprint density at radius 1 is 1.41 bits per heavy atom. The summed E-state index contributed by atoms with van der Waals surface area (Å²) in [6.45, 7) is 5.83. The number of hydrogen-bond acceptors (Lipinski definition) is 8. The van der Waals surface area contributed by atoms with Gasteiger partial charge in [-0.25, -0.2) is 0 Å². The molecular weight excluding hydrogens is 384 g/mol. The molecule has 3 aromatic rings. The Bertz CT molecular complexity index is 962. The van der Waals surface area contributed by atoms with Crippen LogP contribution < -0.4 is 5.32 Å². The van der Waals surface area contributed by atoms with Crippen molar-refractivity contribution in [1.29, 1.82) is 0 Å². The van der Waals surface area contributed by atoms with Crippen molar-refractivity contribution in [2.45, 2.75) is 50.5 Å². The van der Waals surface area contributed by atoms with Crippen LogP contribution in [0, 0.1) is 12.8 Å². The van der Waals surface area contributed by atoms with Crippen LogP contribution in [0.15, 0.2) is 26.3 Å². The molecule has 2 unspecified atom stereocenters. The zero-order valence-electron chi connectivity index (χ0n) is 15.3. The molecule has 0 aromatic carbocycles. The fourth-order valence-corrected chi connectivity index (χ4v) is 4.84. The molecule has 1 aliphatic carbocycles. The maximum Gasteiger partial charge on any atom is 0.277 e. The molecule has 0 spiro atoms. The fraction of sp³-hybridized carbons (Fsp3) is 0.444. The first-order valence-corrected chi connectivity index (χ1v) is 10.5. The van der Waals surface area contributed by atoms with E-state index in [4.69, 9.17) is 8.94 Å². The molecular formula is C18H20N4O3S2. The molecule has 3 heterocycles. The first-order valence-electron chi connectivity index (χ1n) is 8.84. The third kappa shape index (κ3) is 4.08. The lowest BCUT2D eigenvalue weighted by atomic mass is 9.90. The summed E-state index contributed by atoms with van der Waals surface area (Å²) < 4.78 is 10.7. The van der Waals surface area contributed by atoms with E-state index in [1.54, 1.807) is 31.3 Å². The zero-order valence-corrected chi connectivity index (χ0v) is 16.9. The summed E-state index contributed by atoms with van der Waals surface area (Å²) in [5.41, 5.74) is 1.40. The molecule has 1 N–H and O–H groups in total. The molecule has 142 valence electrons. The minimum absolute atomic E-state index is 0.200. The number of amides is 1. The van der Waals surface area contributed by atoms with E-state index in [0.717, 1.165) is 23.6 Å². The number of rotatable bonds is 5. The standard InChI is InChI=1S/C18H20N4O3S2/c1-9-4-5-13-12(6-9)8-14(27-13)17-20-21-18(24-17)26-11(3)16(23)19-15-7-10(2)25-22-15/h7-9,11H,4-6H2,1-3H3,(H,19,22,23). The number of thioether (sulfide) groups is 1. The Kier molecular flexibility index (Phi) is 5.05. The van der Waals surface area contributed by atoms with Crippen molar-refractivity contribution >= 4 is 34.8 Å². The Balaban J connectivity index is 1.41. The molecule has 1 amide bonds. The molecule has 3 aromatic heterocycles. The van der Waals surface area contributed by atoms with Crippen LogP contribution in [0.1, 0.15) is 36.5 Å². The Morgan fingerprint density at radius 3 is 3.04 bits per heavy atom. The second kappa shape index (κ2) is 7.47. The number of carbonyl (C=O) groups is 1. The van der Waals surface area contributed by atoms with Crippen molar-refractivity contribution in [1.82, 2.24) is 15.4 Å². The molecule has 9 heteroatoms. The van der Waals surface area contributed by atoms with Gasteiger partial charge < -0.3 is 14.3 Å². The second-order valence-corrected chi connectivity index (χ2v) is 9.28. The number of nitrogens with one attached hydrogen (secondary N) is 1. The summed E-state index contributed by atoms with van der Waals surface area (Å²) in [5.74, 6) is 2.08. The van der Waals surface area contributed by atoms with Gasteiger partial charge in [0, 0.05) is 10.9 Å². The minimum atomic E-state index is -0.410. The number of fused-ring (bicyclic) bond motifs is 1. The number of hydrogen-bond donors (Lipinski definition) is 1. The molecule has 1 aliphatic rings. The summed E-state index contributed by atoms with van der Waals surface area (Å²) >= 11 is 2.95. The monoisotopic (exact) mass is 404 g/mol. The van der Waals surface area contributed by atoms with Crippen molar-refractivity contribution < 1.29 is 13.7 Å². The Hall–Kier alpha value is -2.13. The Morgan fingerprint density at radius 2 is 2.26 bits per heavy atom. The van der Waals surface area contributed by atoms with Gasteiger partial charge in [0.15, 0.2) is 5.82 Å². The maximum absolute atomic E-state index is 12.3. The van der Waals surface area contributed by atoms with Crippen LogP contribution >= 0.6 is 23.1 Å². The smallest absolute Gasteiger partial charge is 0.277 e. The van der Waals surface area contributed by atoms with Crippen molar-refractivity contribution in [2.24, 2.45) is 5.92 Å². The number of anilines is 1. The summed E-state index contributed by atoms with van der Waals surface area (Å²) in [6, 6.07) is 3.83. The largest absolute Gasteiger partial charge is 0.410 e. The van der Waals surface area contributed by atoms with E-state index in [1.165, 1.54) is 28.6 Å². The normalized spacial score (nSPS) is 17.5.